The molecule has 2 aromatic carbocycles. The van der Waals surface area contributed by atoms with Gasteiger partial charge in [0.1, 0.15) is 19.0 Å². The van der Waals surface area contributed by atoms with Crippen molar-refractivity contribution in [2.75, 3.05) is 18.5 Å². The zero-order valence-corrected chi connectivity index (χ0v) is 12.2. The summed E-state index contributed by atoms with van der Waals surface area (Å²) in [6.07, 6.45) is 0. The van der Waals surface area contributed by atoms with E-state index in [-0.39, 0.29) is 5.82 Å². The molecule has 1 N–H and O–H groups in total. The van der Waals surface area contributed by atoms with E-state index in [9.17, 15) is 4.39 Å². The van der Waals surface area contributed by atoms with Gasteiger partial charge in [0.05, 0.1) is 4.47 Å². The van der Waals surface area contributed by atoms with Crippen LogP contribution in [0.3, 0.4) is 0 Å². The number of hydrogen-bond donors (Lipinski definition) is 1. The molecule has 0 saturated carbocycles. The summed E-state index contributed by atoms with van der Waals surface area (Å²) in [6, 6.07) is 10.7. The first-order valence-corrected chi connectivity index (χ1v) is 7.10. The van der Waals surface area contributed by atoms with Crippen LogP contribution in [0.5, 0.6) is 11.5 Å². The summed E-state index contributed by atoms with van der Waals surface area (Å²) in [5.41, 5.74) is 1.86. The molecule has 0 aliphatic carbocycles. The second kappa shape index (κ2) is 5.71. The Morgan fingerprint density at radius 1 is 1.15 bits per heavy atom. The maximum absolute atomic E-state index is 13.2. The predicted molar refractivity (Wildman–Crippen MR) is 78.9 cm³/mol. The average Bonchev–Trinajstić information content (AvgIpc) is 2.48. The van der Waals surface area contributed by atoms with E-state index in [4.69, 9.17) is 9.47 Å². The minimum Gasteiger partial charge on any atom is -0.486 e. The summed E-state index contributed by atoms with van der Waals surface area (Å²) in [4.78, 5) is 0. The van der Waals surface area contributed by atoms with Crippen LogP contribution in [-0.4, -0.2) is 13.2 Å². The lowest BCUT2D eigenvalue weighted by atomic mass is 10.1. The highest BCUT2D eigenvalue weighted by Crippen LogP contribution is 2.34. The van der Waals surface area contributed by atoms with E-state index >= 15 is 0 Å². The maximum Gasteiger partial charge on any atom is 0.166 e. The Bertz CT molecular complexity index is 633. The number of rotatable bonds is 3. The maximum atomic E-state index is 13.2. The third kappa shape index (κ3) is 2.72. The molecule has 0 aromatic heterocycles. The topological polar surface area (TPSA) is 30.5 Å². The largest absolute Gasteiger partial charge is 0.486 e. The van der Waals surface area contributed by atoms with Gasteiger partial charge < -0.3 is 14.8 Å². The highest BCUT2D eigenvalue weighted by molar-refractivity contribution is 9.10. The first-order valence-electron chi connectivity index (χ1n) is 6.30. The molecule has 1 heterocycles. The molecule has 104 valence electrons. The summed E-state index contributed by atoms with van der Waals surface area (Å²) in [5, 5.41) is 3.25. The summed E-state index contributed by atoms with van der Waals surface area (Å²) < 4.78 is 24.8. The number of benzene rings is 2. The zero-order valence-electron chi connectivity index (χ0n) is 10.7. The molecule has 5 heteroatoms. The van der Waals surface area contributed by atoms with E-state index in [0.717, 1.165) is 22.7 Å². The summed E-state index contributed by atoms with van der Waals surface area (Å²) in [5.74, 6) is 1.28. The van der Waals surface area contributed by atoms with Crippen molar-refractivity contribution in [2.24, 2.45) is 0 Å². The molecule has 0 unspecified atom stereocenters. The van der Waals surface area contributed by atoms with Crippen LogP contribution in [0.1, 0.15) is 5.56 Å². The molecule has 0 saturated heterocycles. The van der Waals surface area contributed by atoms with Gasteiger partial charge in [0.25, 0.3) is 0 Å². The standard InChI is InChI=1S/C15H13BrFNO2/c16-12-8-11(4-5-13(12)17)18-9-10-2-1-3-14-15(10)20-7-6-19-14/h1-5,8,18H,6-7,9H2. The number of halogens is 2. The number of hydrogen-bond acceptors (Lipinski definition) is 3. The number of ether oxygens (including phenoxy) is 2. The Morgan fingerprint density at radius 2 is 2.00 bits per heavy atom. The van der Waals surface area contributed by atoms with E-state index in [1.54, 1.807) is 12.1 Å². The van der Waals surface area contributed by atoms with Crippen LogP contribution in [0.4, 0.5) is 10.1 Å². The Balaban J connectivity index is 1.76. The van der Waals surface area contributed by atoms with Crippen LogP contribution >= 0.6 is 15.9 Å². The second-order valence-corrected chi connectivity index (χ2v) is 5.28. The highest BCUT2D eigenvalue weighted by atomic mass is 79.9. The van der Waals surface area contributed by atoms with Crippen molar-refractivity contribution >= 4 is 21.6 Å². The lowest BCUT2D eigenvalue weighted by Gasteiger charge is -2.21. The molecule has 0 amide bonds. The van der Waals surface area contributed by atoms with E-state index in [0.29, 0.717) is 24.2 Å². The SMILES string of the molecule is Fc1ccc(NCc2cccc3c2OCCO3)cc1Br. The summed E-state index contributed by atoms with van der Waals surface area (Å²) in [7, 11) is 0. The van der Waals surface area contributed by atoms with Gasteiger partial charge in [-0.2, -0.15) is 0 Å². The van der Waals surface area contributed by atoms with Gasteiger partial charge in [0.15, 0.2) is 11.5 Å². The third-order valence-corrected chi connectivity index (χ3v) is 3.66. The van der Waals surface area contributed by atoms with E-state index < -0.39 is 0 Å². The minimum atomic E-state index is -0.274. The molecule has 0 radical (unpaired) electrons. The van der Waals surface area contributed by atoms with Crippen molar-refractivity contribution in [1.82, 2.24) is 0 Å². The molecular formula is C15H13BrFNO2. The fraction of sp³-hybridized carbons (Fsp3) is 0.200. The molecule has 1 aliphatic heterocycles. The van der Waals surface area contributed by atoms with Gasteiger partial charge in [0.2, 0.25) is 0 Å². The Hall–Kier alpha value is -1.75. The van der Waals surface area contributed by atoms with Gasteiger partial charge in [-0.05, 0) is 40.2 Å². The molecule has 0 fully saturated rings. The van der Waals surface area contributed by atoms with Crippen LogP contribution in [0.2, 0.25) is 0 Å². The smallest absolute Gasteiger partial charge is 0.166 e. The molecular weight excluding hydrogens is 325 g/mol. The summed E-state index contributed by atoms with van der Waals surface area (Å²) >= 11 is 3.17. The molecule has 2 aromatic rings. The van der Waals surface area contributed by atoms with Crippen LogP contribution in [0.25, 0.3) is 0 Å². The number of nitrogens with one attached hydrogen (secondary N) is 1. The highest BCUT2D eigenvalue weighted by Gasteiger charge is 2.15. The molecule has 20 heavy (non-hydrogen) atoms. The fourth-order valence-electron chi connectivity index (χ4n) is 2.08. The first kappa shape index (κ1) is 13.2. The normalized spacial score (nSPS) is 13.1. The molecule has 0 atom stereocenters. The van der Waals surface area contributed by atoms with Gasteiger partial charge in [0, 0.05) is 17.8 Å². The van der Waals surface area contributed by atoms with Gasteiger partial charge in [-0.1, -0.05) is 12.1 Å². The van der Waals surface area contributed by atoms with Gasteiger partial charge in [-0.3, -0.25) is 0 Å². The summed E-state index contributed by atoms with van der Waals surface area (Å²) in [6.45, 7) is 1.73. The number of anilines is 1. The Kier molecular flexibility index (Phi) is 3.78. The van der Waals surface area contributed by atoms with Crippen LogP contribution < -0.4 is 14.8 Å². The first-order chi connectivity index (χ1) is 9.74. The van der Waals surface area contributed by atoms with Gasteiger partial charge in [-0.25, -0.2) is 4.39 Å². The van der Waals surface area contributed by atoms with E-state index in [2.05, 4.69) is 21.2 Å². The molecule has 3 nitrogen and oxygen atoms in total. The number of para-hydroxylation sites is 1. The Labute approximate surface area is 124 Å². The molecule has 0 spiro atoms. The fourth-order valence-corrected chi connectivity index (χ4v) is 2.46. The monoisotopic (exact) mass is 337 g/mol. The quantitative estimate of drug-likeness (QED) is 0.919. The predicted octanol–water partition coefficient (Wildman–Crippen LogP) is 3.97. The van der Waals surface area contributed by atoms with Crippen molar-refractivity contribution in [3.05, 3.63) is 52.3 Å². The lowest BCUT2D eigenvalue weighted by Crippen LogP contribution is -2.17. The average molecular weight is 338 g/mol. The molecule has 1 aliphatic rings. The van der Waals surface area contributed by atoms with Gasteiger partial charge in [-0.15, -0.1) is 0 Å². The Morgan fingerprint density at radius 3 is 2.85 bits per heavy atom. The van der Waals surface area contributed by atoms with Gasteiger partial charge >= 0.3 is 0 Å². The van der Waals surface area contributed by atoms with Crippen LogP contribution in [0, 0.1) is 5.82 Å². The van der Waals surface area contributed by atoms with Crippen LogP contribution in [-0.2, 0) is 6.54 Å². The third-order valence-electron chi connectivity index (χ3n) is 3.05. The number of fused-ring (bicyclic) bond motifs is 1. The van der Waals surface area contributed by atoms with Crippen molar-refractivity contribution in [3.8, 4) is 11.5 Å². The molecule has 3 rings (SSSR count). The van der Waals surface area contributed by atoms with E-state index in [1.165, 1.54) is 6.07 Å². The lowest BCUT2D eigenvalue weighted by molar-refractivity contribution is 0.170. The van der Waals surface area contributed by atoms with Crippen molar-refractivity contribution in [1.29, 1.82) is 0 Å². The van der Waals surface area contributed by atoms with E-state index in [1.807, 2.05) is 18.2 Å². The van der Waals surface area contributed by atoms with Crippen molar-refractivity contribution in [2.45, 2.75) is 6.54 Å². The van der Waals surface area contributed by atoms with Crippen molar-refractivity contribution < 1.29 is 13.9 Å². The van der Waals surface area contributed by atoms with Crippen molar-refractivity contribution in [3.63, 3.8) is 0 Å². The minimum absolute atomic E-state index is 0.274. The van der Waals surface area contributed by atoms with Crippen LogP contribution in [0.15, 0.2) is 40.9 Å². The zero-order chi connectivity index (χ0) is 13.9. The second-order valence-electron chi connectivity index (χ2n) is 4.42. The molecule has 0 bridgehead atoms.